The molecule has 0 N–H and O–H groups in total. The van der Waals surface area contributed by atoms with Crippen LogP contribution in [0.5, 0.6) is 0 Å². The number of ether oxygens (including phenoxy) is 1. The van der Waals surface area contributed by atoms with Gasteiger partial charge in [0, 0.05) is 11.2 Å². The largest absolute Gasteiger partial charge is 0.458 e. The van der Waals surface area contributed by atoms with E-state index in [1.807, 2.05) is 30.3 Å². The maximum atomic E-state index is 12.7. The van der Waals surface area contributed by atoms with Crippen molar-refractivity contribution in [3.8, 4) is 0 Å². The lowest BCUT2D eigenvalue weighted by Crippen LogP contribution is -2.54. The van der Waals surface area contributed by atoms with Crippen LogP contribution in [0.1, 0.15) is 109 Å². The molecule has 37 heavy (non-hydrogen) atoms. The van der Waals surface area contributed by atoms with Gasteiger partial charge in [-0.25, -0.2) is 4.79 Å². The van der Waals surface area contributed by atoms with Crippen molar-refractivity contribution in [3.05, 3.63) is 47.5 Å². The third kappa shape index (κ3) is 5.12. The zero-order valence-corrected chi connectivity index (χ0v) is 25.4. The number of hydrogen-bond donors (Lipinski definition) is 0. The normalized spacial score (nSPS) is 39.8. The van der Waals surface area contributed by atoms with E-state index in [0.29, 0.717) is 15.8 Å². The number of carbonyl (C=O) groups is 1. The highest BCUT2D eigenvalue weighted by Crippen LogP contribution is 2.68. The van der Waals surface area contributed by atoms with Crippen LogP contribution < -0.4 is 0 Å². The van der Waals surface area contributed by atoms with Gasteiger partial charge in [-0.2, -0.15) is 0 Å². The highest BCUT2D eigenvalue weighted by atomic mass is 79.9. The predicted molar refractivity (Wildman–Crippen MR) is 157 cm³/mol. The van der Waals surface area contributed by atoms with Crippen LogP contribution in [0.15, 0.2) is 42.0 Å². The monoisotopic (exact) mass is 568 g/mol. The van der Waals surface area contributed by atoms with Crippen molar-refractivity contribution in [3.63, 3.8) is 0 Å². The molecule has 4 aliphatic rings. The molecule has 0 heterocycles. The SMILES string of the molecule is CC(C)CCC[C@@H](C)[C@H]1CC[C@H]2[C@@H]3C(Br)C=C4CC(OC(=O)c5ccccc5)CC[C@]4(C)[C@H]3CC[C@]12C. The van der Waals surface area contributed by atoms with Gasteiger partial charge in [-0.1, -0.05) is 99.7 Å². The van der Waals surface area contributed by atoms with E-state index in [2.05, 4.69) is 56.6 Å². The summed E-state index contributed by atoms with van der Waals surface area (Å²) in [6.45, 7) is 12.5. The fourth-order valence-electron chi connectivity index (χ4n) is 9.49. The molecule has 0 spiro atoms. The summed E-state index contributed by atoms with van der Waals surface area (Å²) < 4.78 is 6.02. The van der Waals surface area contributed by atoms with E-state index in [4.69, 9.17) is 4.74 Å². The van der Waals surface area contributed by atoms with Gasteiger partial charge in [0.1, 0.15) is 6.10 Å². The molecular weight excluding hydrogens is 520 g/mol. The molecule has 0 amide bonds. The Labute approximate surface area is 234 Å². The van der Waals surface area contributed by atoms with Gasteiger partial charge >= 0.3 is 5.97 Å². The summed E-state index contributed by atoms with van der Waals surface area (Å²) >= 11 is 4.22. The Morgan fingerprint density at radius 2 is 1.76 bits per heavy atom. The van der Waals surface area contributed by atoms with Crippen molar-refractivity contribution in [1.29, 1.82) is 0 Å². The van der Waals surface area contributed by atoms with Crippen LogP contribution in [-0.4, -0.2) is 16.9 Å². The summed E-state index contributed by atoms with van der Waals surface area (Å²) in [7, 11) is 0. The fraction of sp³-hybridized carbons (Fsp3) is 0.735. The molecule has 4 aliphatic carbocycles. The van der Waals surface area contributed by atoms with Crippen LogP contribution in [0.3, 0.4) is 0 Å². The van der Waals surface area contributed by atoms with Gasteiger partial charge in [0.15, 0.2) is 0 Å². The second-order valence-electron chi connectivity index (χ2n) is 14.0. The Morgan fingerprint density at radius 3 is 2.49 bits per heavy atom. The molecule has 0 radical (unpaired) electrons. The van der Waals surface area contributed by atoms with E-state index >= 15 is 0 Å². The summed E-state index contributed by atoms with van der Waals surface area (Å²) in [4.78, 5) is 13.2. The highest BCUT2D eigenvalue weighted by Gasteiger charge is 2.61. The molecule has 0 aliphatic heterocycles. The molecule has 3 heteroatoms. The topological polar surface area (TPSA) is 26.3 Å². The van der Waals surface area contributed by atoms with Crippen molar-refractivity contribution >= 4 is 21.9 Å². The molecule has 2 unspecified atom stereocenters. The third-order valence-corrected chi connectivity index (χ3v) is 12.4. The van der Waals surface area contributed by atoms with Crippen LogP contribution in [0.25, 0.3) is 0 Å². The second-order valence-corrected chi connectivity index (χ2v) is 15.1. The summed E-state index contributed by atoms with van der Waals surface area (Å²) in [5.41, 5.74) is 2.96. The van der Waals surface area contributed by atoms with E-state index in [0.717, 1.165) is 54.8 Å². The number of allylic oxidation sites excluding steroid dienone is 1. The van der Waals surface area contributed by atoms with Gasteiger partial charge in [-0.15, -0.1) is 0 Å². The molecule has 204 valence electrons. The van der Waals surface area contributed by atoms with Gasteiger partial charge in [-0.3, -0.25) is 0 Å². The maximum absolute atomic E-state index is 12.7. The minimum atomic E-state index is -0.174. The number of carbonyl (C=O) groups excluding carboxylic acids is 1. The lowest BCUT2D eigenvalue weighted by atomic mass is 9.47. The summed E-state index contributed by atoms with van der Waals surface area (Å²) in [6.07, 6.45) is 15.4. The van der Waals surface area contributed by atoms with E-state index in [1.54, 1.807) is 5.57 Å². The Morgan fingerprint density at radius 1 is 1.00 bits per heavy atom. The van der Waals surface area contributed by atoms with Gasteiger partial charge in [-0.05, 0) is 97.0 Å². The summed E-state index contributed by atoms with van der Waals surface area (Å²) in [6, 6.07) is 9.47. The zero-order valence-electron chi connectivity index (χ0n) is 23.8. The standard InChI is InChI=1S/C34H49BrO2/c1-22(2)10-9-11-23(3)27-14-15-28-31-29(17-19-34(27,28)5)33(4)18-16-26(20-25(33)21-30(31)35)37-32(36)24-12-7-6-8-13-24/h6-8,12-13,21-23,26-31H,9-11,14-20H2,1-5H3/t23-,26?,27-,28+,29+,30?,31+,33+,34-/m1/s1. The van der Waals surface area contributed by atoms with E-state index in [1.165, 1.54) is 44.9 Å². The zero-order chi connectivity index (χ0) is 26.4. The first-order valence-corrected chi connectivity index (χ1v) is 16.2. The quantitative estimate of drug-likeness (QED) is 0.186. The lowest BCUT2D eigenvalue weighted by molar-refractivity contribution is -0.0567. The second kappa shape index (κ2) is 10.8. The minimum absolute atomic E-state index is 0.000290. The number of alkyl halides is 1. The Bertz CT molecular complexity index is 985. The molecule has 0 saturated heterocycles. The van der Waals surface area contributed by atoms with Crippen LogP contribution in [0.4, 0.5) is 0 Å². The van der Waals surface area contributed by atoms with E-state index in [9.17, 15) is 4.79 Å². The van der Waals surface area contributed by atoms with E-state index < -0.39 is 0 Å². The molecule has 0 aromatic heterocycles. The fourth-order valence-corrected chi connectivity index (χ4v) is 10.5. The van der Waals surface area contributed by atoms with Crippen molar-refractivity contribution < 1.29 is 9.53 Å². The molecule has 5 rings (SSSR count). The van der Waals surface area contributed by atoms with E-state index in [-0.39, 0.29) is 17.5 Å². The number of halogens is 1. The Balaban J connectivity index is 1.29. The lowest BCUT2D eigenvalue weighted by Gasteiger charge is -2.59. The average Bonchev–Trinajstić information content (AvgIpc) is 3.22. The number of hydrogen-bond acceptors (Lipinski definition) is 2. The molecule has 1 aromatic rings. The van der Waals surface area contributed by atoms with Gasteiger partial charge in [0.25, 0.3) is 0 Å². The molecule has 3 saturated carbocycles. The maximum Gasteiger partial charge on any atom is 0.338 e. The molecule has 9 atom stereocenters. The first-order valence-electron chi connectivity index (χ1n) is 15.2. The number of rotatable bonds is 7. The van der Waals surface area contributed by atoms with Gasteiger partial charge in [0.05, 0.1) is 5.56 Å². The van der Waals surface area contributed by atoms with Gasteiger partial charge in [0.2, 0.25) is 0 Å². The summed E-state index contributed by atoms with van der Waals surface area (Å²) in [5.74, 6) is 4.70. The highest BCUT2D eigenvalue weighted by molar-refractivity contribution is 9.09. The number of esters is 1. The van der Waals surface area contributed by atoms with Gasteiger partial charge < -0.3 is 4.74 Å². The first kappa shape index (κ1) is 27.5. The number of fused-ring (bicyclic) bond motifs is 5. The van der Waals surface area contributed by atoms with Crippen LogP contribution >= 0.6 is 15.9 Å². The van der Waals surface area contributed by atoms with Crippen molar-refractivity contribution in [1.82, 2.24) is 0 Å². The molecule has 3 fully saturated rings. The Kier molecular flexibility index (Phi) is 8.03. The number of benzene rings is 1. The van der Waals surface area contributed by atoms with Crippen molar-refractivity contribution in [2.45, 2.75) is 110 Å². The van der Waals surface area contributed by atoms with Crippen LogP contribution in [-0.2, 0) is 4.74 Å². The predicted octanol–water partition coefficient (Wildman–Crippen LogP) is 9.63. The van der Waals surface area contributed by atoms with Crippen LogP contribution in [0.2, 0.25) is 0 Å². The van der Waals surface area contributed by atoms with Crippen molar-refractivity contribution in [2.24, 2.45) is 46.3 Å². The average molecular weight is 570 g/mol. The third-order valence-electron chi connectivity index (χ3n) is 11.5. The molecule has 2 nitrogen and oxygen atoms in total. The summed E-state index contributed by atoms with van der Waals surface area (Å²) in [5, 5.41) is 0. The first-order chi connectivity index (χ1) is 17.6. The van der Waals surface area contributed by atoms with Crippen LogP contribution in [0, 0.1) is 46.3 Å². The molecular formula is C34H49BrO2. The molecule has 0 bridgehead atoms. The smallest absolute Gasteiger partial charge is 0.338 e. The minimum Gasteiger partial charge on any atom is -0.458 e. The van der Waals surface area contributed by atoms with Crippen molar-refractivity contribution in [2.75, 3.05) is 0 Å². The Hall–Kier alpha value is -1.09. The molecule has 1 aromatic carbocycles.